The molecule has 0 saturated carbocycles. The van der Waals surface area contributed by atoms with Crippen LogP contribution in [0.3, 0.4) is 0 Å². The van der Waals surface area contributed by atoms with Crippen LogP contribution in [0.5, 0.6) is 0 Å². The van der Waals surface area contributed by atoms with Crippen molar-refractivity contribution in [1.82, 2.24) is 15.0 Å². The fourth-order valence-electron chi connectivity index (χ4n) is 2.61. The van der Waals surface area contributed by atoms with Crippen LogP contribution in [0.15, 0.2) is 41.5 Å². The number of benzene rings is 1. The zero-order valence-electron chi connectivity index (χ0n) is 13.8. The van der Waals surface area contributed by atoms with Crippen LogP contribution in [0.25, 0.3) is 22.5 Å². The van der Waals surface area contributed by atoms with Crippen molar-refractivity contribution in [1.29, 1.82) is 0 Å². The molecule has 0 spiro atoms. The first-order valence-corrected chi connectivity index (χ1v) is 7.95. The van der Waals surface area contributed by atoms with Crippen LogP contribution in [-0.4, -0.2) is 15.0 Å². The van der Waals surface area contributed by atoms with Gasteiger partial charge in [-0.25, -0.2) is 9.97 Å². The molecule has 26 heavy (non-hydrogen) atoms. The Morgan fingerprint density at radius 1 is 0.962 bits per heavy atom. The van der Waals surface area contributed by atoms with E-state index in [9.17, 15) is 18.0 Å². The van der Waals surface area contributed by atoms with Gasteiger partial charge >= 0.3 is 6.18 Å². The van der Waals surface area contributed by atoms with Gasteiger partial charge in [-0.1, -0.05) is 23.7 Å². The number of pyridine rings is 1. The molecule has 0 bridgehead atoms. The van der Waals surface area contributed by atoms with Crippen LogP contribution in [0, 0.1) is 13.8 Å². The Bertz CT molecular complexity index is 1010. The lowest BCUT2D eigenvalue weighted by Crippen LogP contribution is -2.12. The molecule has 134 valence electrons. The van der Waals surface area contributed by atoms with Crippen molar-refractivity contribution in [3.05, 3.63) is 68.9 Å². The summed E-state index contributed by atoms with van der Waals surface area (Å²) in [6.45, 7) is 3.44. The molecule has 0 aliphatic rings. The van der Waals surface area contributed by atoms with Gasteiger partial charge in [-0.2, -0.15) is 13.2 Å². The third-order valence-corrected chi connectivity index (χ3v) is 4.37. The molecule has 3 rings (SSSR count). The average molecular weight is 380 g/mol. The molecule has 2 aromatic heterocycles. The number of halogens is 4. The molecule has 0 fully saturated rings. The Labute approximate surface area is 151 Å². The summed E-state index contributed by atoms with van der Waals surface area (Å²) < 4.78 is 37.9. The van der Waals surface area contributed by atoms with Gasteiger partial charge in [-0.3, -0.25) is 4.79 Å². The summed E-state index contributed by atoms with van der Waals surface area (Å²) in [5.41, 5.74) is 1.40. The van der Waals surface area contributed by atoms with Crippen molar-refractivity contribution in [2.75, 3.05) is 0 Å². The lowest BCUT2D eigenvalue weighted by molar-refractivity contribution is -0.137. The highest BCUT2D eigenvalue weighted by molar-refractivity contribution is 6.31. The maximum Gasteiger partial charge on any atom is 0.416 e. The summed E-state index contributed by atoms with van der Waals surface area (Å²) in [5.74, 6) is 0.259. The highest BCUT2D eigenvalue weighted by atomic mass is 35.5. The molecule has 0 saturated heterocycles. The number of H-pyrrole nitrogens is 1. The maximum absolute atomic E-state index is 12.6. The molecule has 1 N–H and O–H groups in total. The van der Waals surface area contributed by atoms with Gasteiger partial charge in [-0.05, 0) is 26.0 Å². The van der Waals surface area contributed by atoms with Gasteiger partial charge in [0.15, 0.2) is 5.82 Å². The standard InChI is InChI=1S/C18H13ClF3N3O/c1-9-14(16(26)15(19)10(2)25-9)12-7-23-17(24-8-12)11-3-5-13(6-4-11)18(20,21)22/h3-8H,1-2H3,(H,25,26). The second-order valence-corrected chi connectivity index (χ2v) is 6.14. The second kappa shape index (κ2) is 6.57. The lowest BCUT2D eigenvalue weighted by Gasteiger charge is -2.09. The Balaban J connectivity index is 1.98. The number of hydrogen-bond donors (Lipinski definition) is 1. The Kier molecular flexibility index (Phi) is 4.58. The normalized spacial score (nSPS) is 11.6. The highest BCUT2D eigenvalue weighted by Gasteiger charge is 2.30. The zero-order chi connectivity index (χ0) is 19.1. The second-order valence-electron chi connectivity index (χ2n) is 5.76. The predicted octanol–water partition coefficient (Wildman–Crippen LogP) is 4.79. The molecule has 0 amide bonds. The third-order valence-electron chi connectivity index (χ3n) is 3.92. The molecular weight excluding hydrogens is 367 g/mol. The maximum atomic E-state index is 12.6. The van der Waals surface area contributed by atoms with Crippen LogP contribution < -0.4 is 5.43 Å². The highest BCUT2D eigenvalue weighted by Crippen LogP contribution is 2.30. The number of aromatic nitrogens is 3. The van der Waals surface area contributed by atoms with E-state index in [1.54, 1.807) is 13.8 Å². The minimum Gasteiger partial charge on any atom is -0.361 e. The number of aromatic amines is 1. The third kappa shape index (κ3) is 3.35. The SMILES string of the molecule is Cc1[nH]c(C)c(-c2cnc(-c3ccc(C(F)(F)F)cc3)nc2)c(=O)c1Cl. The molecule has 2 heterocycles. The van der Waals surface area contributed by atoms with E-state index in [1.807, 2.05) is 0 Å². The van der Waals surface area contributed by atoms with E-state index in [2.05, 4.69) is 15.0 Å². The Hall–Kier alpha value is -2.67. The number of hydrogen-bond acceptors (Lipinski definition) is 3. The van der Waals surface area contributed by atoms with Crippen molar-refractivity contribution in [2.45, 2.75) is 20.0 Å². The van der Waals surface area contributed by atoms with E-state index in [4.69, 9.17) is 11.6 Å². The topological polar surface area (TPSA) is 58.6 Å². The van der Waals surface area contributed by atoms with Crippen molar-refractivity contribution in [3.63, 3.8) is 0 Å². The van der Waals surface area contributed by atoms with Gasteiger partial charge in [0, 0.05) is 34.9 Å². The molecule has 8 heteroatoms. The molecule has 1 aromatic carbocycles. The van der Waals surface area contributed by atoms with Crippen molar-refractivity contribution in [2.24, 2.45) is 0 Å². The fourth-order valence-corrected chi connectivity index (χ4v) is 2.75. The van der Waals surface area contributed by atoms with E-state index in [0.717, 1.165) is 12.1 Å². The monoisotopic (exact) mass is 379 g/mol. The van der Waals surface area contributed by atoms with Crippen molar-refractivity contribution < 1.29 is 13.2 Å². The number of rotatable bonds is 2. The van der Waals surface area contributed by atoms with Crippen LogP contribution in [0.4, 0.5) is 13.2 Å². The van der Waals surface area contributed by atoms with Gasteiger partial charge in [0.25, 0.3) is 0 Å². The summed E-state index contributed by atoms with van der Waals surface area (Å²) in [4.78, 5) is 23.7. The summed E-state index contributed by atoms with van der Waals surface area (Å²) in [7, 11) is 0. The van der Waals surface area contributed by atoms with Gasteiger partial charge in [0.05, 0.1) is 11.1 Å². The van der Waals surface area contributed by atoms with Crippen LogP contribution in [0.1, 0.15) is 17.0 Å². The smallest absolute Gasteiger partial charge is 0.361 e. The number of nitrogens with zero attached hydrogens (tertiary/aromatic N) is 2. The Morgan fingerprint density at radius 2 is 1.54 bits per heavy atom. The van der Waals surface area contributed by atoms with E-state index in [0.29, 0.717) is 28.1 Å². The van der Waals surface area contributed by atoms with Gasteiger partial charge in [0.1, 0.15) is 5.02 Å². The quantitative estimate of drug-likeness (QED) is 0.696. The van der Waals surface area contributed by atoms with Crippen LogP contribution in [0.2, 0.25) is 5.02 Å². The lowest BCUT2D eigenvalue weighted by atomic mass is 10.1. The predicted molar refractivity (Wildman–Crippen MR) is 93.0 cm³/mol. The molecular formula is C18H13ClF3N3O. The van der Waals surface area contributed by atoms with Gasteiger partial charge in [-0.15, -0.1) is 0 Å². The first-order chi connectivity index (χ1) is 12.2. The minimum absolute atomic E-state index is 0.0948. The van der Waals surface area contributed by atoms with E-state index in [-0.39, 0.29) is 16.3 Å². The van der Waals surface area contributed by atoms with Crippen LogP contribution >= 0.6 is 11.6 Å². The molecule has 3 aromatic rings. The summed E-state index contributed by atoms with van der Waals surface area (Å²) in [6.07, 6.45) is -1.50. The van der Waals surface area contributed by atoms with Crippen LogP contribution in [-0.2, 0) is 6.18 Å². The molecule has 0 unspecified atom stereocenters. The van der Waals surface area contributed by atoms with E-state index in [1.165, 1.54) is 24.5 Å². The molecule has 4 nitrogen and oxygen atoms in total. The Morgan fingerprint density at radius 3 is 2.08 bits per heavy atom. The zero-order valence-corrected chi connectivity index (χ0v) is 14.5. The molecule has 0 aliphatic heterocycles. The fraction of sp³-hybridized carbons (Fsp3) is 0.167. The largest absolute Gasteiger partial charge is 0.416 e. The number of nitrogens with one attached hydrogen (secondary N) is 1. The molecule has 0 aliphatic carbocycles. The average Bonchev–Trinajstić information content (AvgIpc) is 2.60. The first-order valence-electron chi connectivity index (χ1n) is 7.57. The molecule has 0 atom stereocenters. The van der Waals surface area contributed by atoms with Gasteiger partial charge < -0.3 is 4.98 Å². The number of aryl methyl sites for hydroxylation is 2. The van der Waals surface area contributed by atoms with Crippen molar-refractivity contribution in [3.8, 4) is 22.5 Å². The molecule has 0 radical (unpaired) electrons. The minimum atomic E-state index is -4.40. The van der Waals surface area contributed by atoms with Gasteiger partial charge in [0.2, 0.25) is 5.43 Å². The van der Waals surface area contributed by atoms with Crippen molar-refractivity contribution >= 4 is 11.6 Å². The van der Waals surface area contributed by atoms with E-state index < -0.39 is 11.7 Å². The first kappa shape index (κ1) is 18.1. The summed E-state index contributed by atoms with van der Waals surface area (Å²) in [5, 5.41) is 0.0948. The summed E-state index contributed by atoms with van der Waals surface area (Å²) in [6, 6.07) is 4.56. The van der Waals surface area contributed by atoms with E-state index >= 15 is 0 Å². The number of alkyl halides is 3. The summed E-state index contributed by atoms with van der Waals surface area (Å²) >= 11 is 6.01.